The van der Waals surface area contributed by atoms with E-state index in [1.807, 2.05) is 57.2 Å². The van der Waals surface area contributed by atoms with E-state index in [0.717, 1.165) is 15.5 Å². The van der Waals surface area contributed by atoms with Crippen molar-refractivity contribution in [2.75, 3.05) is 7.11 Å². The fraction of sp³-hybridized carbons (Fsp3) is 0.316. The molecule has 25 heavy (non-hydrogen) atoms. The van der Waals surface area contributed by atoms with Gasteiger partial charge in [-0.2, -0.15) is 0 Å². The summed E-state index contributed by atoms with van der Waals surface area (Å²) in [6.07, 6.45) is 0. The van der Waals surface area contributed by atoms with E-state index in [-0.39, 0.29) is 5.78 Å². The van der Waals surface area contributed by atoms with Gasteiger partial charge in [0.1, 0.15) is 11.5 Å². The van der Waals surface area contributed by atoms with Gasteiger partial charge >= 0.3 is 0 Å². The lowest BCUT2D eigenvalue weighted by atomic mass is 9.91. The van der Waals surface area contributed by atoms with Crippen molar-refractivity contribution in [3.05, 3.63) is 47.5 Å². The van der Waals surface area contributed by atoms with Crippen LogP contribution in [0.2, 0.25) is 5.02 Å². The average Bonchev–Trinajstić information content (AvgIpc) is 2.56. The molecule has 0 aromatic heterocycles. The van der Waals surface area contributed by atoms with E-state index < -0.39 is 10.4 Å². The van der Waals surface area contributed by atoms with E-state index in [2.05, 4.69) is 15.9 Å². The zero-order valence-electron chi connectivity index (χ0n) is 14.5. The van der Waals surface area contributed by atoms with Gasteiger partial charge < -0.3 is 9.47 Å². The zero-order valence-corrected chi connectivity index (χ0v) is 17.7. The molecule has 1 unspecified atom stereocenters. The molecule has 2 aromatic carbocycles. The minimum atomic E-state index is -0.738. The van der Waals surface area contributed by atoms with Gasteiger partial charge in [-0.15, -0.1) is 0 Å². The second kappa shape index (κ2) is 8.47. The van der Waals surface area contributed by atoms with Crippen LogP contribution in [0.5, 0.6) is 11.5 Å². The number of ketones is 1. The number of alkyl halides is 1. The molecule has 0 spiro atoms. The molecular weight excluding hydrogens is 424 g/mol. The second-order valence-corrected chi connectivity index (χ2v) is 8.75. The van der Waals surface area contributed by atoms with E-state index in [0.29, 0.717) is 10.8 Å². The van der Waals surface area contributed by atoms with Crippen molar-refractivity contribution in [1.29, 1.82) is 0 Å². The summed E-state index contributed by atoms with van der Waals surface area (Å²) in [7, 11) is 1.64. The van der Waals surface area contributed by atoms with Gasteiger partial charge in [-0.25, -0.2) is 0 Å². The molecule has 0 aliphatic carbocycles. The molecule has 0 aliphatic heterocycles. The van der Waals surface area contributed by atoms with Gasteiger partial charge in [0.2, 0.25) is 5.01 Å². The van der Waals surface area contributed by atoms with E-state index in [1.165, 1.54) is 0 Å². The van der Waals surface area contributed by atoms with Gasteiger partial charge in [0.25, 0.3) is 0 Å². The lowest BCUT2D eigenvalue weighted by molar-refractivity contribution is -0.129. The molecule has 1 atom stereocenters. The van der Waals surface area contributed by atoms with Crippen LogP contribution in [0.15, 0.2) is 52.3 Å². The number of carbonyl (C=O) groups is 1. The number of ether oxygens (including phenoxy) is 2. The highest BCUT2D eigenvalue weighted by Crippen LogP contribution is 2.38. The third-order valence-electron chi connectivity index (χ3n) is 3.38. The molecular formula is C19H20BrClO3S. The van der Waals surface area contributed by atoms with Gasteiger partial charge in [-0.05, 0) is 46.3 Å². The topological polar surface area (TPSA) is 35.5 Å². The lowest BCUT2D eigenvalue weighted by Gasteiger charge is -2.21. The molecule has 0 saturated carbocycles. The summed E-state index contributed by atoms with van der Waals surface area (Å²) in [6, 6.07) is 13.3. The van der Waals surface area contributed by atoms with Crippen molar-refractivity contribution in [3.8, 4) is 11.5 Å². The summed E-state index contributed by atoms with van der Waals surface area (Å²) in [5, 5.41) is -0.288. The Kier molecular flexibility index (Phi) is 6.83. The number of hydrogen-bond acceptors (Lipinski definition) is 4. The maximum Gasteiger partial charge on any atom is 0.211 e. The summed E-state index contributed by atoms with van der Waals surface area (Å²) < 4.78 is 11.0. The predicted molar refractivity (Wildman–Crippen MR) is 106 cm³/mol. The largest absolute Gasteiger partial charge is 0.496 e. The number of methoxy groups -OCH3 is 1. The first-order valence-electron chi connectivity index (χ1n) is 7.68. The SMILES string of the molecule is COc1ccccc1Sc1ccc(OC(Br)C(=O)C(C)(C)C)c(Cl)c1. The molecule has 0 radical (unpaired) electrons. The van der Waals surface area contributed by atoms with Crippen molar-refractivity contribution in [2.24, 2.45) is 5.41 Å². The fourth-order valence-electron chi connectivity index (χ4n) is 1.98. The molecule has 0 fully saturated rings. The smallest absolute Gasteiger partial charge is 0.211 e. The van der Waals surface area contributed by atoms with E-state index >= 15 is 0 Å². The van der Waals surface area contributed by atoms with Crippen LogP contribution in [0.4, 0.5) is 0 Å². The Morgan fingerprint density at radius 2 is 1.84 bits per heavy atom. The Labute approximate surface area is 166 Å². The summed E-state index contributed by atoms with van der Waals surface area (Å²) in [6.45, 7) is 5.55. The second-order valence-electron chi connectivity index (χ2n) is 6.39. The quantitative estimate of drug-likeness (QED) is 0.497. The van der Waals surface area contributed by atoms with E-state index in [4.69, 9.17) is 21.1 Å². The van der Waals surface area contributed by atoms with Gasteiger partial charge in [-0.1, -0.05) is 56.3 Å². The van der Waals surface area contributed by atoms with Gasteiger partial charge in [0.15, 0.2) is 5.78 Å². The van der Waals surface area contributed by atoms with Gasteiger partial charge in [0.05, 0.1) is 17.0 Å². The Balaban J connectivity index is 2.14. The van der Waals surface area contributed by atoms with Crippen molar-refractivity contribution in [3.63, 3.8) is 0 Å². The summed E-state index contributed by atoms with van der Waals surface area (Å²) in [5.41, 5.74) is -0.500. The molecule has 0 bridgehead atoms. The minimum absolute atomic E-state index is 0.0453. The Bertz CT molecular complexity index is 759. The molecule has 2 aromatic rings. The number of Topliss-reactive ketones (excluding diaryl/α,β-unsaturated/α-hetero) is 1. The van der Waals surface area contributed by atoms with E-state index in [1.54, 1.807) is 24.9 Å². The number of hydrogen-bond donors (Lipinski definition) is 0. The van der Waals surface area contributed by atoms with Crippen molar-refractivity contribution < 1.29 is 14.3 Å². The highest BCUT2D eigenvalue weighted by molar-refractivity contribution is 9.09. The molecule has 134 valence electrons. The average molecular weight is 444 g/mol. The predicted octanol–water partition coefficient (Wildman–Crippen LogP) is 6.21. The van der Waals surface area contributed by atoms with Crippen LogP contribution in [-0.4, -0.2) is 17.9 Å². The van der Waals surface area contributed by atoms with Crippen LogP contribution in [0.25, 0.3) is 0 Å². The number of carbonyl (C=O) groups excluding carboxylic acids is 1. The first-order valence-corrected chi connectivity index (χ1v) is 9.79. The molecule has 0 aliphatic rings. The Hall–Kier alpha value is -1.17. The summed E-state index contributed by atoms with van der Waals surface area (Å²) >= 11 is 11.2. The molecule has 0 saturated heterocycles. The number of rotatable bonds is 6. The van der Waals surface area contributed by atoms with Crippen LogP contribution in [0.1, 0.15) is 20.8 Å². The summed E-state index contributed by atoms with van der Waals surface area (Å²) in [5.74, 6) is 1.22. The molecule has 2 rings (SSSR count). The van der Waals surface area contributed by atoms with Crippen molar-refractivity contribution in [1.82, 2.24) is 0 Å². The third-order valence-corrected chi connectivity index (χ3v) is 5.32. The summed E-state index contributed by atoms with van der Waals surface area (Å²) in [4.78, 5) is 14.2. The van der Waals surface area contributed by atoms with Crippen molar-refractivity contribution in [2.45, 2.75) is 35.6 Å². The van der Waals surface area contributed by atoms with Gasteiger partial charge in [-0.3, -0.25) is 4.79 Å². The van der Waals surface area contributed by atoms with Gasteiger partial charge in [0, 0.05) is 10.3 Å². The van der Waals surface area contributed by atoms with E-state index in [9.17, 15) is 4.79 Å². The Morgan fingerprint density at radius 3 is 2.44 bits per heavy atom. The number of para-hydroxylation sites is 1. The molecule has 0 amide bonds. The first kappa shape index (κ1) is 20.1. The van der Waals surface area contributed by atoms with Crippen LogP contribution >= 0.6 is 39.3 Å². The maximum absolute atomic E-state index is 12.2. The molecule has 0 heterocycles. The van der Waals surface area contributed by atoms with Crippen LogP contribution in [0, 0.1) is 5.41 Å². The van der Waals surface area contributed by atoms with Crippen molar-refractivity contribution >= 4 is 45.1 Å². The first-order chi connectivity index (χ1) is 11.7. The van der Waals surface area contributed by atoms with Crippen LogP contribution in [0.3, 0.4) is 0 Å². The fourth-order valence-corrected chi connectivity index (χ4v) is 4.12. The highest BCUT2D eigenvalue weighted by atomic mass is 79.9. The normalized spacial score (nSPS) is 12.6. The highest BCUT2D eigenvalue weighted by Gasteiger charge is 2.29. The molecule has 3 nitrogen and oxygen atoms in total. The maximum atomic E-state index is 12.2. The standard InChI is InChI=1S/C19H20BrClO3S/c1-19(2,3)17(22)18(20)24-14-10-9-12(11-13(14)21)25-16-8-6-5-7-15(16)23-4/h5-11,18H,1-4H3. The molecule has 6 heteroatoms. The molecule has 0 N–H and O–H groups in total. The zero-order chi connectivity index (χ0) is 18.6. The minimum Gasteiger partial charge on any atom is -0.496 e. The van der Waals surface area contributed by atoms with Crippen LogP contribution in [-0.2, 0) is 4.79 Å². The third kappa shape index (κ3) is 5.40. The van der Waals surface area contributed by atoms with Crippen LogP contribution < -0.4 is 9.47 Å². The Morgan fingerprint density at radius 1 is 1.16 bits per heavy atom. The lowest BCUT2D eigenvalue weighted by Crippen LogP contribution is -2.32. The monoisotopic (exact) mass is 442 g/mol. The number of benzene rings is 2. The number of halogens is 2.